The highest BCUT2D eigenvalue weighted by atomic mass is 32.2. The summed E-state index contributed by atoms with van der Waals surface area (Å²) in [6, 6.07) is 0. The number of piperazine rings is 1. The van der Waals surface area contributed by atoms with Crippen molar-refractivity contribution in [2.75, 3.05) is 109 Å². The number of hydrogen-bond donors (Lipinski definition) is 0. The van der Waals surface area contributed by atoms with Crippen LogP contribution in [0.15, 0.2) is 0 Å². The van der Waals surface area contributed by atoms with Gasteiger partial charge >= 0.3 is 23.9 Å². The molecule has 0 radical (unpaired) electrons. The van der Waals surface area contributed by atoms with E-state index in [0.29, 0.717) is 13.1 Å². The molecule has 67 heavy (non-hydrogen) atoms. The van der Waals surface area contributed by atoms with Crippen molar-refractivity contribution in [3.8, 4) is 0 Å². The van der Waals surface area contributed by atoms with E-state index in [0.717, 1.165) is 68.7 Å². The van der Waals surface area contributed by atoms with E-state index >= 15 is 0 Å². The van der Waals surface area contributed by atoms with Crippen molar-refractivity contribution < 1.29 is 38.1 Å². The van der Waals surface area contributed by atoms with Gasteiger partial charge in [-0.25, -0.2) is 0 Å². The Kier molecular flexibility index (Phi) is 44.4. The number of esters is 4. The van der Waals surface area contributed by atoms with Crippen molar-refractivity contribution in [1.29, 1.82) is 0 Å². The Morgan fingerprint density at radius 1 is 0.463 bits per heavy atom. The van der Waals surface area contributed by atoms with Crippen LogP contribution in [0, 0.1) is 11.8 Å². The molecule has 2 atom stereocenters. The molecule has 0 spiro atoms. The van der Waals surface area contributed by atoms with Gasteiger partial charge in [-0.1, -0.05) is 169 Å². The number of rotatable bonds is 48. The first-order valence-corrected chi connectivity index (χ1v) is 29.9. The third-order valence-corrected chi connectivity index (χ3v) is 15.4. The maximum absolute atomic E-state index is 12.7. The number of ether oxygens (including phenoxy) is 4. The van der Waals surface area contributed by atoms with Crippen LogP contribution >= 0.6 is 23.5 Å². The van der Waals surface area contributed by atoms with Gasteiger partial charge in [-0.2, -0.15) is 23.5 Å². The Morgan fingerprint density at radius 2 is 0.806 bits per heavy atom. The molecule has 0 bridgehead atoms. The molecule has 1 aliphatic heterocycles. The van der Waals surface area contributed by atoms with Gasteiger partial charge in [0.1, 0.15) is 26.4 Å². The number of hydrogen-bond acceptors (Lipinski definition) is 13. The molecule has 0 aromatic heterocycles. The van der Waals surface area contributed by atoms with Crippen molar-refractivity contribution in [2.45, 2.75) is 201 Å². The summed E-state index contributed by atoms with van der Waals surface area (Å²) in [5, 5.41) is 0. The molecule has 2 unspecified atom stereocenters. The fraction of sp³-hybridized carbons (Fsp3) is 0.926. The van der Waals surface area contributed by atoms with E-state index in [1.807, 2.05) is 37.4 Å². The fourth-order valence-corrected chi connectivity index (χ4v) is 10.3. The summed E-state index contributed by atoms with van der Waals surface area (Å²) >= 11 is 3.63. The Hall–Kier alpha value is -1.54. The van der Waals surface area contributed by atoms with Gasteiger partial charge in [-0.05, 0) is 50.9 Å². The summed E-state index contributed by atoms with van der Waals surface area (Å²) < 4.78 is 21.7. The molecule has 394 valence electrons. The molecule has 11 nitrogen and oxygen atoms in total. The van der Waals surface area contributed by atoms with E-state index in [-0.39, 0.29) is 75.0 Å². The normalized spacial score (nSPS) is 14.3. The van der Waals surface area contributed by atoms with Crippen LogP contribution in [0.25, 0.3) is 0 Å². The van der Waals surface area contributed by atoms with Crippen LogP contribution in [0.3, 0.4) is 0 Å². The fourth-order valence-electron chi connectivity index (χ4n) is 8.19. The van der Waals surface area contributed by atoms with E-state index < -0.39 is 0 Å². The van der Waals surface area contributed by atoms with E-state index in [9.17, 15) is 19.2 Å². The van der Waals surface area contributed by atoms with Crippen LogP contribution in [0.2, 0.25) is 0 Å². The maximum Gasteiger partial charge on any atom is 0.309 e. The van der Waals surface area contributed by atoms with E-state index in [4.69, 9.17) is 18.9 Å². The molecular weight excluding hydrogens is 883 g/mol. The molecule has 1 aliphatic rings. The highest BCUT2D eigenvalue weighted by molar-refractivity contribution is 7.99. The van der Waals surface area contributed by atoms with Gasteiger partial charge in [0.15, 0.2) is 0 Å². The minimum absolute atomic E-state index is 0.0285. The lowest BCUT2D eigenvalue weighted by Crippen LogP contribution is -2.45. The van der Waals surface area contributed by atoms with Crippen LogP contribution in [-0.2, 0) is 38.1 Å². The van der Waals surface area contributed by atoms with E-state index in [1.54, 1.807) is 0 Å². The molecule has 0 saturated carbocycles. The number of nitrogens with zero attached hydrogens (tertiary/aromatic N) is 3. The zero-order valence-corrected chi connectivity index (χ0v) is 45.6. The molecule has 13 heteroatoms. The second kappa shape index (κ2) is 46.8. The third kappa shape index (κ3) is 40.9. The lowest BCUT2D eigenvalue weighted by atomic mass is 10.1. The third-order valence-electron chi connectivity index (χ3n) is 12.8. The summed E-state index contributed by atoms with van der Waals surface area (Å²) in [4.78, 5) is 57.4. The van der Waals surface area contributed by atoms with E-state index in [2.05, 4.69) is 35.6 Å². The van der Waals surface area contributed by atoms with Crippen molar-refractivity contribution >= 4 is 47.4 Å². The topological polar surface area (TPSA) is 115 Å². The number of unbranched alkanes of at least 4 members (excludes halogenated alkanes) is 22. The van der Waals surface area contributed by atoms with Gasteiger partial charge in [0.2, 0.25) is 0 Å². The first-order chi connectivity index (χ1) is 32.7. The van der Waals surface area contributed by atoms with Gasteiger partial charge in [-0.3, -0.25) is 19.2 Å². The zero-order chi connectivity index (χ0) is 48.8. The Labute approximate surface area is 420 Å². The van der Waals surface area contributed by atoms with Crippen LogP contribution in [0.1, 0.15) is 201 Å². The second-order valence-electron chi connectivity index (χ2n) is 19.3. The highest BCUT2D eigenvalue weighted by Crippen LogP contribution is 2.17. The minimum Gasteiger partial charge on any atom is -0.462 e. The van der Waals surface area contributed by atoms with Crippen molar-refractivity contribution in [3.63, 3.8) is 0 Å². The molecule has 0 aromatic carbocycles. The van der Waals surface area contributed by atoms with Crippen molar-refractivity contribution in [2.24, 2.45) is 11.8 Å². The maximum atomic E-state index is 12.7. The average Bonchev–Trinajstić information content (AvgIpc) is 3.32. The molecule has 1 saturated heterocycles. The van der Waals surface area contributed by atoms with Crippen molar-refractivity contribution in [1.82, 2.24) is 14.7 Å². The molecule has 0 amide bonds. The molecule has 1 fully saturated rings. The summed E-state index contributed by atoms with van der Waals surface area (Å²) in [6.45, 7) is 15.3. The predicted octanol–water partition coefficient (Wildman–Crippen LogP) is 12.0. The SMILES string of the molecule is CCCCCCCCCCCCCCSCC(C)C(=O)OCCOC(=O)CCN(CCCN1CCN(C)CC1)CCC(=O)OCCOC(=O)C(C)CSCCCCCCCCCCCCCC. The second-order valence-corrected chi connectivity index (χ2v) is 21.6. The van der Waals surface area contributed by atoms with Gasteiger partial charge in [0.25, 0.3) is 0 Å². The Bertz CT molecular complexity index is 1100. The zero-order valence-electron chi connectivity index (χ0n) is 44.0. The van der Waals surface area contributed by atoms with Gasteiger partial charge in [0.05, 0.1) is 24.7 Å². The molecular formula is C54H103N3O8S2. The Morgan fingerprint density at radius 3 is 1.18 bits per heavy atom. The average molecular weight is 987 g/mol. The standard InChI is InChI=1S/C54H103N3O8S2/c1-6-8-10-12-14-16-18-20-22-24-26-28-45-66-47-49(3)53(60)64-43-41-62-51(58)31-35-56(33-30-34-57-39-37-55(5)38-40-57)36-32-52(59)63-42-44-65-54(61)50(4)48-67-46-29-27-25-23-21-19-17-15-13-11-9-7-2/h49-50H,6-48H2,1-5H3. The largest absolute Gasteiger partial charge is 0.462 e. The molecule has 0 N–H and O–H groups in total. The number of carbonyl (C=O) groups is 4. The van der Waals surface area contributed by atoms with Crippen LogP contribution in [0.5, 0.6) is 0 Å². The Balaban J connectivity index is 2.22. The number of carbonyl (C=O) groups excluding carboxylic acids is 4. The number of thioether (sulfide) groups is 2. The lowest BCUT2D eigenvalue weighted by Gasteiger charge is -2.33. The van der Waals surface area contributed by atoms with E-state index in [1.165, 1.54) is 154 Å². The summed E-state index contributed by atoms with van der Waals surface area (Å²) in [6.07, 6.45) is 33.4. The van der Waals surface area contributed by atoms with Crippen molar-refractivity contribution in [3.05, 3.63) is 0 Å². The summed E-state index contributed by atoms with van der Waals surface area (Å²) in [5.74, 6) is 2.00. The molecule has 1 heterocycles. The highest BCUT2D eigenvalue weighted by Gasteiger charge is 2.18. The van der Waals surface area contributed by atoms with Crippen LogP contribution < -0.4 is 0 Å². The molecule has 1 rings (SSSR count). The van der Waals surface area contributed by atoms with Gasteiger partial charge in [0, 0.05) is 50.8 Å². The smallest absolute Gasteiger partial charge is 0.309 e. The monoisotopic (exact) mass is 986 g/mol. The van der Waals surface area contributed by atoms with Crippen LogP contribution in [0.4, 0.5) is 0 Å². The quantitative estimate of drug-likeness (QED) is 0.0328. The van der Waals surface area contributed by atoms with Crippen LogP contribution in [-0.4, -0.2) is 147 Å². The minimum atomic E-state index is -0.354. The van der Waals surface area contributed by atoms with Gasteiger partial charge in [-0.15, -0.1) is 0 Å². The molecule has 0 aliphatic carbocycles. The molecule has 0 aromatic rings. The first kappa shape index (κ1) is 63.5. The first-order valence-electron chi connectivity index (χ1n) is 27.6. The number of likely N-dealkylation sites (N-methyl/N-ethyl adjacent to an activating group) is 1. The predicted molar refractivity (Wildman–Crippen MR) is 283 cm³/mol. The summed E-state index contributed by atoms with van der Waals surface area (Å²) in [7, 11) is 2.15. The van der Waals surface area contributed by atoms with Gasteiger partial charge < -0.3 is 33.6 Å². The summed E-state index contributed by atoms with van der Waals surface area (Å²) in [5.41, 5.74) is 0. The lowest BCUT2D eigenvalue weighted by molar-refractivity contribution is -0.154.